The third-order valence-corrected chi connectivity index (χ3v) is 3.53. The van der Waals surface area contributed by atoms with Crippen LogP contribution in [-0.4, -0.2) is 21.0 Å². The Balaban J connectivity index is 2.38. The lowest BCUT2D eigenvalue weighted by Gasteiger charge is -2.07. The number of aromatic nitrogens is 2. The first kappa shape index (κ1) is 12.5. The molecule has 0 fully saturated rings. The number of carbonyl (C=O) groups is 1. The number of hydrogen-bond acceptors (Lipinski definition) is 5. The minimum atomic E-state index is -1.00. The summed E-state index contributed by atoms with van der Waals surface area (Å²) in [6, 6.07) is 1.70. The number of carboxylic acid groups (broad SMARTS) is 1. The van der Waals surface area contributed by atoms with E-state index in [0.29, 0.717) is 10.8 Å². The molecule has 0 aromatic carbocycles. The van der Waals surface area contributed by atoms with Gasteiger partial charge in [-0.25, -0.2) is 9.78 Å². The summed E-state index contributed by atoms with van der Waals surface area (Å²) in [6.45, 7) is 5.72. The average Bonchev–Trinajstić information content (AvgIpc) is 2.57. The van der Waals surface area contributed by atoms with Crippen LogP contribution < -0.4 is 5.32 Å². The molecule has 0 saturated carbocycles. The van der Waals surface area contributed by atoms with Crippen molar-refractivity contribution in [1.29, 1.82) is 0 Å². The maximum Gasteiger partial charge on any atom is 0.339 e. The van der Waals surface area contributed by atoms with Crippen molar-refractivity contribution < 1.29 is 9.90 Å². The van der Waals surface area contributed by atoms with E-state index in [9.17, 15) is 4.79 Å². The van der Waals surface area contributed by atoms with Gasteiger partial charge in [-0.1, -0.05) is 0 Å². The number of thiazole rings is 1. The van der Waals surface area contributed by atoms with Crippen LogP contribution in [0, 0.1) is 20.8 Å². The fraction of sp³-hybridized carbons (Fsp3) is 0.250. The third-order valence-electron chi connectivity index (χ3n) is 2.54. The van der Waals surface area contributed by atoms with E-state index in [4.69, 9.17) is 5.11 Å². The highest BCUT2D eigenvalue weighted by Gasteiger charge is 2.13. The van der Waals surface area contributed by atoms with Gasteiger partial charge in [0.2, 0.25) is 0 Å². The molecule has 0 aliphatic rings. The molecule has 0 unspecified atom stereocenters. The van der Waals surface area contributed by atoms with E-state index in [1.54, 1.807) is 6.07 Å². The second-order valence-corrected chi connectivity index (χ2v) is 5.17. The van der Waals surface area contributed by atoms with Crippen molar-refractivity contribution in [3.8, 4) is 0 Å². The van der Waals surface area contributed by atoms with Crippen molar-refractivity contribution in [2.24, 2.45) is 0 Å². The summed E-state index contributed by atoms with van der Waals surface area (Å²) in [6.07, 6.45) is 1.35. The maximum atomic E-state index is 11.1. The summed E-state index contributed by atoms with van der Waals surface area (Å²) < 4.78 is 0. The Morgan fingerprint density at radius 2 is 2.11 bits per heavy atom. The van der Waals surface area contributed by atoms with Gasteiger partial charge in [0.05, 0.1) is 11.4 Å². The lowest BCUT2D eigenvalue weighted by molar-refractivity contribution is 0.0697. The van der Waals surface area contributed by atoms with Gasteiger partial charge in [-0.2, -0.15) is 0 Å². The van der Waals surface area contributed by atoms with E-state index in [0.717, 1.165) is 16.3 Å². The zero-order valence-corrected chi connectivity index (χ0v) is 11.1. The monoisotopic (exact) mass is 263 g/mol. The minimum Gasteiger partial charge on any atom is -0.478 e. The summed E-state index contributed by atoms with van der Waals surface area (Å²) in [5.74, 6) is -1.00. The molecule has 94 valence electrons. The van der Waals surface area contributed by atoms with E-state index >= 15 is 0 Å². The van der Waals surface area contributed by atoms with Crippen molar-refractivity contribution in [2.75, 3.05) is 5.32 Å². The van der Waals surface area contributed by atoms with Gasteiger partial charge in [0.25, 0.3) is 0 Å². The van der Waals surface area contributed by atoms with Crippen molar-refractivity contribution >= 4 is 28.1 Å². The molecule has 0 atom stereocenters. The fourth-order valence-corrected chi connectivity index (χ4v) is 2.30. The molecule has 0 aliphatic heterocycles. The Hall–Kier alpha value is -1.95. The third kappa shape index (κ3) is 2.48. The van der Waals surface area contributed by atoms with E-state index < -0.39 is 5.97 Å². The average molecular weight is 263 g/mol. The number of aromatic carboxylic acids is 1. The smallest absolute Gasteiger partial charge is 0.339 e. The van der Waals surface area contributed by atoms with E-state index in [2.05, 4.69) is 15.3 Å². The summed E-state index contributed by atoms with van der Waals surface area (Å²) in [5.41, 5.74) is 2.37. The van der Waals surface area contributed by atoms with E-state index in [1.807, 2.05) is 20.8 Å². The molecular weight excluding hydrogens is 250 g/mol. The predicted molar refractivity (Wildman–Crippen MR) is 70.8 cm³/mol. The number of nitrogens with one attached hydrogen (secondary N) is 1. The van der Waals surface area contributed by atoms with Gasteiger partial charge in [-0.3, -0.25) is 4.98 Å². The van der Waals surface area contributed by atoms with Gasteiger partial charge in [0, 0.05) is 16.8 Å². The number of nitrogens with zero attached hydrogens (tertiary/aromatic N) is 2. The fourth-order valence-electron chi connectivity index (χ4n) is 1.48. The summed E-state index contributed by atoms with van der Waals surface area (Å²) in [5, 5.41) is 12.8. The Labute approximate surface area is 109 Å². The molecule has 5 nitrogen and oxygen atoms in total. The molecule has 0 bridgehead atoms. The van der Waals surface area contributed by atoms with Crippen LogP contribution in [0.3, 0.4) is 0 Å². The van der Waals surface area contributed by atoms with Gasteiger partial charge in [0.15, 0.2) is 5.13 Å². The van der Waals surface area contributed by atoms with Crippen molar-refractivity contribution in [3.63, 3.8) is 0 Å². The summed E-state index contributed by atoms with van der Waals surface area (Å²) >= 11 is 1.50. The number of hydrogen-bond donors (Lipinski definition) is 2. The normalized spacial score (nSPS) is 10.4. The van der Waals surface area contributed by atoms with Crippen LogP contribution in [0.1, 0.15) is 26.6 Å². The van der Waals surface area contributed by atoms with Crippen LogP contribution in [0.25, 0.3) is 0 Å². The zero-order valence-electron chi connectivity index (χ0n) is 10.3. The highest BCUT2D eigenvalue weighted by atomic mass is 32.1. The van der Waals surface area contributed by atoms with Crippen molar-refractivity contribution in [1.82, 2.24) is 9.97 Å². The Morgan fingerprint density at radius 1 is 1.39 bits per heavy atom. The number of carboxylic acids is 1. The molecule has 2 aromatic heterocycles. The van der Waals surface area contributed by atoms with Crippen LogP contribution in [0.5, 0.6) is 0 Å². The van der Waals surface area contributed by atoms with Crippen LogP contribution in [0.4, 0.5) is 10.8 Å². The van der Waals surface area contributed by atoms with Gasteiger partial charge in [0.1, 0.15) is 5.56 Å². The number of pyridine rings is 1. The molecule has 0 aliphatic carbocycles. The first-order valence-corrected chi connectivity index (χ1v) is 6.20. The van der Waals surface area contributed by atoms with Gasteiger partial charge in [-0.15, -0.1) is 11.3 Å². The quantitative estimate of drug-likeness (QED) is 0.890. The largest absolute Gasteiger partial charge is 0.478 e. The topological polar surface area (TPSA) is 75.1 Å². The van der Waals surface area contributed by atoms with Gasteiger partial charge < -0.3 is 10.4 Å². The van der Waals surface area contributed by atoms with Crippen LogP contribution >= 0.6 is 11.3 Å². The zero-order chi connectivity index (χ0) is 13.3. The SMILES string of the molecule is Cc1cc(Nc2nc(C)c(C)s2)c(C(=O)O)cn1. The first-order valence-electron chi connectivity index (χ1n) is 5.38. The predicted octanol–water partition coefficient (Wildman–Crippen LogP) is 2.91. The maximum absolute atomic E-state index is 11.1. The van der Waals surface area contributed by atoms with Crippen molar-refractivity contribution in [2.45, 2.75) is 20.8 Å². The molecule has 0 saturated heterocycles. The minimum absolute atomic E-state index is 0.145. The molecule has 2 N–H and O–H groups in total. The van der Waals surface area contributed by atoms with E-state index in [-0.39, 0.29) is 5.56 Å². The summed E-state index contributed by atoms with van der Waals surface area (Å²) in [7, 11) is 0. The highest BCUT2D eigenvalue weighted by molar-refractivity contribution is 7.15. The van der Waals surface area contributed by atoms with Crippen LogP contribution in [-0.2, 0) is 0 Å². The van der Waals surface area contributed by atoms with Crippen LogP contribution in [0.2, 0.25) is 0 Å². The molecule has 2 rings (SSSR count). The molecule has 2 aromatic rings. The van der Waals surface area contributed by atoms with Gasteiger partial charge >= 0.3 is 5.97 Å². The van der Waals surface area contributed by atoms with Gasteiger partial charge in [-0.05, 0) is 26.8 Å². The molecule has 6 heteroatoms. The standard InChI is InChI=1S/C12H13N3O2S/c1-6-4-10(9(5-13-6)11(16)17)15-12-14-7(2)8(3)18-12/h4-5H,1-3H3,(H,16,17)(H,13,14,15). The van der Waals surface area contributed by atoms with Crippen molar-refractivity contribution in [3.05, 3.63) is 34.1 Å². The molecule has 0 radical (unpaired) electrons. The number of rotatable bonds is 3. The number of aryl methyl sites for hydroxylation is 3. The lowest BCUT2D eigenvalue weighted by atomic mass is 10.2. The molecular formula is C12H13N3O2S. The van der Waals surface area contributed by atoms with Crippen LogP contribution in [0.15, 0.2) is 12.3 Å². The molecule has 0 amide bonds. The second-order valence-electron chi connectivity index (χ2n) is 3.96. The van der Waals surface area contributed by atoms with E-state index in [1.165, 1.54) is 17.5 Å². The lowest BCUT2D eigenvalue weighted by Crippen LogP contribution is -2.04. The molecule has 2 heterocycles. The first-order chi connectivity index (χ1) is 8.47. The Kier molecular flexibility index (Phi) is 3.29. The number of anilines is 2. The summed E-state index contributed by atoms with van der Waals surface area (Å²) in [4.78, 5) is 20.5. The Morgan fingerprint density at radius 3 is 2.67 bits per heavy atom. The molecule has 0 spiro atoms. The second kappa shape index (κ2) is 4.73. The highest BCUT2D eigenvalue weighted by Crippen LogP contribution is 2.26. The Bertz CT molecular complexity index is 588. The molecule has 18 heavy (non-hydrogen) atoms.